The number of sulfonamides is 1. The van der Waals surface area contributed by atoms with Crippen molar-refractivity contribution in [2.75, 3.05) is 24.2 Å². The van der Waals surface area contributed by atoms with Gasteiger partial charge in [0.15, 0.2) is 0 Å². The average Bonchev–Trinajstić information content (AvgIpc) is 2.98. The van der Waals surface area contributed by atoms with Gasteiger partial charge < -0.3 is 15.0 Å². The van der Waals surface area contributed by atoms with Crippen molar-refractivity contribution in [1.82, 2.24) is 10.2 Å². The second kappa shape index (κ2) is 15.1. The highest BCUT2D eigenvalue weighted by Crippen LogP contribution is 2.33. The number of carbonyl (C=O) groups excluding carboxylic acids is 2. The van der Waals surface area contributed by atoms with Crippen LogP contribution in [0.15, 0.2) is 77.3 Å². The van der Waals surface area contributed by atoms with E-state index in [-0.39, 0.29) is 41.4 Å². The molecule has 1 saturated carbocycles. The molecule has 230 valence electrons. The Morgan fingerprint density at radius 1 is 1.00 bits per heavy atom. The van der Waals surface area contributed by atoms with Crippen LogP contribution < -0.4 is 14.4 Å². The molecular formula is C32H37BrClN3O5S. The molecule has 3 aromatic carbocycles. The molecule has 1 fully saturated rings. The number of rotatable bonds is 12. The average molecular weight is 691 g/mol. The number of halogens is 2. The number of hydrogen-bond donors (Lipinski definition) is 1. The number of anilines is 1. The van der Waals surface area contributed by atoms with Gasteiger partial charge in [-0.15, -0.1) is 0 Å². The van der Waals surface area contributed by atoms with E-state index in [1.807, 2.05) is 54.6 Å². The quantitative estimate of drug-likeness (QED) is 0.253. The van der Waals surface area contributed by atoms with E-state index in [4.69, 9.17) is 16.3 Å². The number of ether oxygens (including phenoxy) is 1. The van der Waals surface area contributed by atoms with Gasteiger partial charge in [0.2, 0.25) is 21.8 Å². The van der Waals surface area contributed by atoms with E-state index >= 15 is 0 Å². The van der Waals surface area contributed by atoms with E-state index in [0.29, 0.717) is 0 Å². The Labute approximate surface area is 267 Å². The fraction of sp³-hybridized carbons (Fsp3) is 0.375. The van der Waals surface area contributed by atoms with Crippen LogP contribution in [-0.2, 0) is 32.6 Å². The molecule has 4 rings (SSSR count). The fourth-order valence-electron chi connectivity index (χ4n) is 5.38. The van der Waals surface area contributed by atoms with Crippen molar-refractivity contribution in [3.8, 4) is 5.75 Å². The largest absolute Gasteiger partial charge is 0.495 e. The van der Waals surface area contributed by atoms with Crippen LogP contribution in [0.25, 0.3) is 0 Å². The molecule has 11 heteroatoms. The number of benzene rings is 3. The standard InChI is InChI=1S/C32H37BrClN3O5S/c1-42-30-17-16-26(34)20-28(30)37(43(2,40)41)22-31(38)36(21-24-12-9-13-25(33)18-24)29(19-23-10-5-3-6-11-23)32(39)35-27-14-7-4-8-15-27/h3,5-6,9-13,16-18,20,27,29H,4,7-8,14-15,19,21-22H2,1-2H3,(H,35,39). The van der Waals surface area contributed by atoms with Crippen LogP contribution in [0.1, 0.15) is 43.2 Å². The third kappa shape index (κ3) is 9.20. The zero-order valence-corrected chi connectivity index (χ0v) is 27.5. The first-order valence-corrected chi connectivity index (χ1v) is 17.3. The SMILES string of the molecule is COc1ccc(Cl)cc1N(CC(=O)N(Cc1cccc(Br)c1)C(Cc1ccccc1)C(=O)NC1CCCCC1)S(C)(=O)=O. The van der Waals surface area contributed by atoms with E-state index in [2.05, 4.69) is 21.2 Å². The van der Waals surface area contributed by atoms with E-state index in [1.165, 1.54) is 18.1 Å². The summed E-state index contributed by atoms with van der Waals surface area (Å²) in [6.07, 6.45) is 6.29. The Balaban J connectivity index is 1.75. The molecule has 0 bridgehead atoms. The first-order valence-electron chi connectivity index (χ1n) is 14.2. The Morgan fingerprint density at radius 2 is 1.70 bits per heavy atom. The summed E-state index contributed by atoms with van der Waals surface area (Å²) < 4.78 is 33.4. The normalized spacial score (nSPS) is 14.5. The molecule has 3 aromatic rings. The molecule has 0 aliphatic heterocycles. The summed E-state index contributed by atoms with van der Waals surface area (Å²) >= 11 is 9.73. The molecule has 0 radical (unpaired) electrons. The van der Waals surface area contributed by atoms with Crippen molar-refractivity contribution in [3.05, 3.63) is 93.4 Å². The number of hydrogen-bond acceptors (Lipinski definition) is 5. The zero-order chi connectivity index (χ0) is 31.0. The van der Waals surface area contributed by atoms with Crippen LogP contribution in [0.4, 0.5) is 5.69 Å². The topological polar surface area (TPSA) is 96.0 Å². The number of carbonyl (C=O) groups is 2. The Hall–Kier alpha value is -3.08. The molecule has 1 unspecified atom stereocenters. The summed E-state index contributed by atoms with van der Waals surface area (Å²) in [5, 5.41) is 3.49. The summed E-state index contributed by atoms with van der Waals surface area (Å²) in [4.78, 5) is 29.9. The lowest BCUT2D eigenvalue weighted by Crippen LogP contribution is -2.55. The van der Waals surface area contributed by atoms with E-state index in [0.717, 1.165) is 58.3 Å². The lowest BCUT2D eigenvalue weighted by molar-refractivity contribution is -0.140. The van der Waals surface area contributed by atoms with Crippen molar-refractivity contribution in [2.24, 2.45) is 0 Å². The second-order valence-corrected chi connectivity index (χ2v) is 14.0. The van der Waals surface area contributed by atoms with Crippen molar-refractivity contribution < 1.29 is 22.7 Å². The van der Waals surface area contributed by atoms with Gasteiger partial charge in [-0.2, -0.15) is 0 Å². The second-order valence-electron chi connectivity index (χ2n) is 10.8. The van der Waals surface area contributed by atoms with Crippen LogP contribution >= 0.6 is 27.5 Å². The predicted molar refractivity (Wildman–Crippen MR) is 174 cm³/mol. The molecule has 0 heterocycles. The monoisotopic (exact) mass is 689 g/mol. The molecule has 1 aliphatic carbocycles. The zero-order valence-electron chi connectivity index (χ0n) is 24.3. The van der Waals surface area contributed by atoms with E-state index < -0.39 is 28.5 Å². The highest BCUT2D eigenvalue weighted by molar-refractivity contribution is 9.10. The van der Waals surface area contributed by atoms with Gasteiger partial charge in [0.1, 0.15) is 18.3 Å². The first kappa shape index (κ1) is 32.8. The lowest BCUT2D eigenvalue weighted by Gasteiger charge is -2.35. The Kier molecular flexibility index (Phi) is 11.5. The van der Waals surface area contributed by atoms with Crippen LogP contribution in [0.2, 0.25) is 5.02 Å². The smallest absolute Gasteiger partial charge is 0.244 e. The summed E-state index contributed by atoms with van der Waals surface area (Å²) in [5.74, 6) is -0.547. The number of nitrogens with one attached hydrogen (secondary N) is 1. The van der Waals surface area contributed by atoms with Gasteiger partial charge >= 0.3 is 0 Å². The Morgan fingerprint density at radius 3 is 2.35 bits per heavy atom. The minimum atomic E-state index is -3.96. The highest BCUT2D eigenvalue weighted by atomic mass is 79.9. The molecule has 1 N–H and O–H groups in total. The van der Waals surface area contributed by atoms with E-state index in [1.54, 1.807) is 12.1 Å². The van der Waals surface area contributed by atoms with Crippen LogP contribution in [0, 0.1) is 0 Å². The van der Waals surface area contributed by atoms with Crippen LogP contribution in [0.5, 0.6) is 5.75 Å². The summed E-state index contributed by atoms with van der Waals surface area (Å²) in [7, 11) is -2.55. The highest BCUT2D eigenvalue weighted by Gasteiger charge is 2.34. The van der Waals surface area contributed by atoms with Gasteiger partial charge in [-0.05, 0) is 54.3 Å². The third-order valence-electron chi connectivity index (χ3n) is 7.55. The van der Waals surface area contributed by atoms with Gasteiger partial charge in [0.25, 0.3) is 0 Å². The minimum absolute atomic E-state index is 0.0329. The van der Waals surface area contributed by atoms with Crippen molar-refractivity contribution in [3.63, 3.8) is 0 Å². The molecule has 1 atom stereocenters. The Bertz CT molecular complexity index is 1520. The lowest BCUT2D eigenvalue weighted by atomic mass is 9.94. The molecule has 43 heavy (non-hydrogen) atoms. The predicted octanol–water partition coefficient (Wildman–Crippen LogP) is 5.97. The molecular weight excluding hydrogens is 654 g/mol. The maximum Gasteiger partial charge on any atom is 0.244 e. The molecule has 0 saturated heterocycles. The van der Waals surface area contributed by atoms with Gasteiger partial charge in [-0.3, -0.25) is 13.9 Å². The molecule has 0 aromatic heterocycles. The summed E-state index contributed by atoms with van der Waals surface area (Å²) in [6.45, 7) is -0.455. The maximum atomic E-state index is 14.3. The molecule has 2 amide bonds. The van der Waals surface area contributed by atoms with Crippen LogP contribution in [0.3, 0.4) is 0 Å². The fourth-order valence-corrected chi connectivity index (χ4v) is 6.84. The van der Waals surface area contributed by atoms with Gasteiger partial charge in [-0.1, -0.05) is 89.3 Å². The van der Waals surface area contributed by atoms with Gasteiger partial charge in [-0.25, -0.2) is 8.42 Å². The number of nitrogens with zero attached hydrogens (tertiary/aromatic N) is 2. The number of amides is 2. The van der Waals surface area contributed by atoms with Crippen molar-refractivity contribution >= 4 is 55.1 Å². The number of methoxy groups -OCH3 is 1. The van der Waals surface area contributed by atoms with E-state index in [9.17, 15) is 18.0 Å². The molecule has 1 aliphatic rings. The first-order chi connectivity index (χ1) is 20.5. The van der Waals surface area contributed by atoms with Crippen LogP contribution in [-0.4, -0.2) is 57.1 Å². The third-order valence-corrected chi connectivity index (χ3v) is 9.41. The summed E-state index contributed by atoms with van der Waals surface area (Å²) in [6, 6.07) is 20.7. The van der Waals surface area contributed by atoms with Gasteiger partial charge in [0.05, 0.1) is 19.1 Å². The van der Waals surface area contributed by atoms with Gasteiger partial charge in [0, 0.05) is 28.5 Å². The van der Waals surface area contributed by atoms with Crippen molar-refractivity contribution in [2.45, 2.75) is 57.2 Å². The minimum Gasteiger partial charge on any atom is -0.495 e. The summed E-state index contributed by atoms with van der Waals surface area (Å²) in [5.41, 5.74) is 1.81. The van der Waals surface area contributed by atoms with Crippen molar-refractivity contribution in [1.29, 1.82) is 0 Å². The molecule has 8 nitrogen and oxygen atoms in total. The maximum absolute atomic E-state index is 14.3. The molecule has 0 spiro atoms.